The molecule has 0 saturated carbocycles. The number of hydrogen-bond donors (Lipinski definition) is 1. The van der Waals surface area contributed by atoms with Gasteiger partial charge in [0.1, 0.15) is 0 Å². The van der Waals surface area contributed by atoms with Gasteiger partial charge in [0.25, 0.3) is 0 Å². The lowest BCUT2D eigenvalue weighted by Gasteiger charge is -2.31. The van der Waals surface area contributed by atoms with Gasteiger partial charge in [0.05, 0.1) is 6.04 Å². The summed E-state index contributed by atoms with van der Waals surface area (Å²) in [5.74, 6) is -0.205. The highest BCUT2D eigenvalue weighted by atomic mass is 16.1. The number of amides is 1. The predicted molar refractivity (Wildman–Crippen MR) is 82.7 cm³/mol. The molecule has 2 N–H and O–H groups in total. The van der Waals surface area contributed by atoms with Gasteiger partial charge in [-0.3, -0.25) is 9.69 Å². The molecule has 2 atom stereocenters. The molecule has 4 nitrogen and oxygen atoms in total. The van der Waals surface area contributed by atoms with E-state index in [0.29, 0.717) is 6.04 Å². The molecule has 0 bridgehead atoms. The van der Waals surface area contributed by atoms with Crippen LogP contribution >= 0.6 is 0 Å². The number of nitrogens with zero attached hydrogens (tertiary/aromatic N) is 2. The summed E-state index contributed by atoms with van der Waals surface area (Å²) in [6.45, 7) is 2.99. The molecule has 0 aromatic heterocycles. The number of rotatable bonds is 5. The zero-order valence-corrected chi connectivity index (χ0v) is 12.7. The van der Waals surface area contributed by atoms with E-state index in [0.717, 1.165) is 25.8 Å². The van der Waals surface area contributed by atoms with E-state index in [9.17, 15) is 4.79 Å². The van der Waals surface area contributed by atoms with Gasteiger partial charge in [-0.2, -0.15) is 0 Å². The average Bonchev–Trinajstić information content (AvgIpc) is 2.88. The van der Waals surface area contributed by atoms with Crippen LogP contribution in [0.4, 0.5) is 5.69 Å². The van der Waals surface area contributed by atoms with E-state index in [1.165, 1.54) is 11.3 Å². The standard InChI is InChI=1S/C16H25N3O/c1-4-14(16(17)20)19-10-6-9-15(19)12-7-5-8-13(11-12)18(2)3/h5,7-8,11,14-15H,4,6,9-10H2,1-3H3,(H2,17,20)/t14-,15+/m1/s1. The van der Waals surface area contributed by atoms with Gasteiger partial charge in [-0.25, -0.2) is 0 Å². The molecule has 0 aliphatic carbocycles. The third-order valence-electron chi connectivity index (χ3n) is 4.18. The summed E-state index contributed by atoms with van der Waals surface area (Å²) >= 11 is 0. The first-order valence-corrected chi connectivity index (χ1v) is 7.37. The highest BCUT2D eigenvalue weighted by Crippen LogP contribution is 2.35. The zero-order chi connectivity index (χ0) is 14.7. The van der Waals surface area contributed by atoms with Crippen LogP contribution in [0.3, 0.4) is 0 Å². The maximum absolute atomic E-state index is 11.6. The molecule has 1 heterocycles. The van der Waals surface area contributed by atoms with Gasteiger partial charge < -0.3 is 10.6 Å². The van der Waals surface area contributed by atoms with E-state index in [4.69, 9.17) is 5.73 Å². The van der Waals surface area contributed by atoms with Crippen LogP contribution in [-0.4, -0.2) is 37.5 Å². The second kappa shape index (κ2) is 6.27. The summed E-state index contributed by atoms with van der Waals surface area (Å²) in [7, 11) is 4.09. The van der Waals surface area contributed by atoms with Crippen molar-refractivity contribution in [1.29, 1.82) is 0 Å². The van der Waals surface area contributed by atoms with E-state index in [1.807, 2.05) is 21.0 Å². The summed E-state index contributed by atoms with van der Waals surface area (Å²) in [5.41, 5.74) is 8.04. The van der Waals surface area contributed by atoms with Crippen molar-refractivity contribution in [2.75, 3.05) is 25.5 Å². The molecule has 2 rings (SSSR count). The molecule has 1 aliphatic heterocycles. The van der Waals surface area contributed by atoms with Crippen LogP contribution in [0.15, 0.2) is 24.3 Å². The topological polar surface area (TPSA) is 49.6 Å². The number of carbonyl (C=O) groups excluding carboxylic acids is 1. The van der Waals surface area contributed by atoms with E-state index >= 15 is 0 Å². The fourth-order valence-corrected chi connectivity index (χ4v) is 3.13. The summed E-state index contributed by atoms with van der Waals surface area (Å²) < 4.78 is 0. The Morgan fingerprint density at radius 1 is 1.50 bits per heavy atom. The van der Waals surface area contributed by atoms with Gasteiger partial charge in [0.15, 0.2) is 0 Å². The molecule has 0 unspecified atom stereocenters. The average molecular weight is 275 g/mol. The minimum absolute atomic E-state index is 0.148. The van der Waals surface area contributed by atoms with Gasteiger partial charge in [-0.15, -0.1) is 0 Å². The fraction of sp³-hybridized carbons (Fsp3) is 0.562. The lowest BCUT2D eigenvalue weighted by atomic mass is 10.0. The molecule has 1 amide bonds. The van der Waals surface area contributed by atoms with Crippen LogP contribution in [-0.2, 0) is 4.79 Å². The van der Waals surface area contributed by atoms with E-state index in [1.54, 1.807) is 0 Å². The number of nitrogens with two attached hydrogens (primary N) is 1. The molecule has 1 fully saturated rings. The molecule has 1 aromatic rings. The van der Waals surface area contributed by atoms with Crippen molar-refractivity contribution in [3.63, 3.8) is 0 Å². The van der Waals surface area contributed by atoms with Crippen molar-refractivity contribution < 1.29 is 4.79 Å². The Labute approximate surface area is 121 Å². The third kappa shape index (κ3) is 2.96. The van der Waals surface area contributed by atoms with Crippen molar-refractivity contribution >= 4 is 11.6 Å². The van der Waals surface area contributed by atoms with Crippen LogP contribution in [0.1, 0.15) is 37.8 Å². The number of likely N-dealkylation sites (tertiary alicyclic amines) is 1. The van der Waals surface area contributed by atoms with Crippen LogP contribution < -0.4 is 10.6 Å². The minimum Gasteiger partial charge on any atom is -0.378 e. The molecule has 0 radical (unpaired) electrons. The van der Waals surface area contributed by atoms with E-state index < -0.39 is 0 Å². The third-order valence-corrected chi connectivity index (χ3v) is 4.18. The van der Waals surface area contributed by atoms with E-state index in [-0.39, 0.29) is 11.9 Å². The molecule has 1 aromatic carbocycles. The predicted octanol–water partition coefficient (Wildman–Crippen LogP) is 2.15. The van der Waals surface area contributed by atoms with Crippen LogP contribution in [0.2, 0.25) is 0 Å². The highest BCUT2D eigenvalue weighted by Gasteiger charge is 2.33. The Bertz CT molecular complexity index is 473. The SMILES string of the molecule is CC[C@H](C(N)=O)N1CCC[C@H]1c1cccc(N(C)C)c1. The first-order valence-electron chi connectivity index (χ1n) is 7.37. The molecule has 1 saturated heterocycles. The van der Waals surface area contributed by atoms with Crippen molar-refractivity contribution in [3.8, 4) is 0 Å². The summed E-state index contributed by atoms with van der Waals surface area (Å²) in [5, 5.41) is 0. The highest BCUT2D eigenvalue weighted by molar-refractivity contribution is 5.79. The lowest BCUT2D eigenvalue weighted by molar-refractivity contribution is -0.123. The summed E-state index contributed by atoms with van der Waals surface area (Å²) in [6, 6.07) is 8.74. The van der Waals surface area contributed by atoms with Crippen molar-refractivity contribution in [1.82, 2.24) is 4.90 Å². The molecule has 1 aliphatic rings. The number of carbonyl (C=O) groups is 1. The van der Waals surface area contributed by atoms with Gasteiger partial charge in [0, 0.05) is 25.8 Å². The van der Waals surface area contributed by atoms with Crippen molar-refractivity contribution in [3.05, 3.63) is 29.8 Å². The smallest absolute Gasteiger partial charge is 0.234 e. The molecular formula is C16H25N3O. The second-order valence-electron chi connectivity index (χ2n) is 5.71. The fourth-order valence-electron chi connectivity index (χ4n) is 3.13. The maximum atomic E-state index is 11.6. The van der Waals surface area contributed by atoms with Crippen LogP contribution in [0.25, 0.3) is 0 Å². The number of benzene rings is 1. The Kier molecular flexibility index (Phi) is 4.65. The number of hydrogen-bond acceptors (Lipinski definition) is 3. The Hall–Kier alpha value is -1.55. The molecular weight excluding hydrogens is 250 g/mol. The maximum Gasteiger partial charge on any atom is 0.234 e. The monoisotopic (exact) mass is 275 g/mol. The normalized spacial score (nSPS) is 20.9. The Morgan fingerprint density at radius 2 is 2.25 bits per heavy atom. The van der Waals surface area contributed by atoms with Gasteiger partial charge >= 0.3 is 0 Å². The number of anilines is 1. The van der Waals surface area contributed by atoms with Crippen molar-refractivity contribution in [2.45, 2.75) is 38.3 Å². The number of primary amides is 1. The molecule has 0 spiro atoms. The van der Waals surface area contributed by atoms with Gasteiger partial charge in [0.2, 0.25) is 5.91 Å². The van der Waals surface area contributed by atoms with Gasteiger partial charge in [-0.05, 0) is 43.5 Å². The first kappa shape index (κ1) is 14.9. The lowest BCUT2D eigenvalue weighted by Crippen LogP contribution is -2.43. The first-order chi connectivity index (χ1) is 9.54. The molecule has 4 heteroatoms. The zero-order valence-electron chi connectivity index (χ0n) is 12.7. The van der Waals surface area contributed by atoms with Crippen molar-refractivity contribution in [2.24, 2.45) is 5.73 Å². The van der Waals surface area contributed by atoms with Crippen LogP contribution in [0, 0.1) is 0 Å². The summed E-state index contributed by atoms with van der Waals surface area (Å²) in [4.78, 5) is 16.0. The summed E-state index contributed by atoms with van der Waals surface area (Å²) in [6.07, 6.45) is 3.00. The largest absolute Gasteiger partial charge is 0.378 e. The van der Waals surface area contributed by atoms with Crippen LogP contribution in [0.5, 0.6) is 0 Å². The Morgan fingerprint density at radius 3 is 2.85 bits per heavy atom. The second-order valence-corrected chi connectivity index (χ2v) is 5.71. The van der Waals surface area contributed by atoms with Gasteiger partial charge in [-0.1, -0.05) is 19.1 Å². The molecule has 110 valence electrons. The quantitative estimate of drug-likeness (QED) is 0.896. The molecule has 20 heavy (non-hydrogen) atoms. The Balaban J connectivity index is 2.26. The minimum atomic E-state index is -0.205. The van der Waals surface area contributed by atoms with E-state index in [2.05, 4.69) is 34.1 Å².